The average Bonchev–Trinajstić information content (AvgIpc) is 3.36. The lowest BCUT2D eigenvalue weighted by Gasteiger charge is -2.32. The number of rotatable bonds is 3. The molecule has 7 nitrogen and oxygen atoms in total. The molecule has 3 aromatic rings. The first-order valence-corrected chi connectivity index (χ1v) is 10.3. The maximum atomic E-state index is 13.9. The lowest BCUT2D eigenvalue weighted by molar-refractivity contribution is 0.0661. The molecule has 4 heterocycles. The summed E-state index contributed by atoms with van der Waals surface area (Å²) in [6.07, 6.45) is 3.40. The van der Waals surface area contributed by atoms with Crippen molar-refractivity contribution in [2.75, 3.05) is 6.54 Å². The fraction of sp³-hybridized carbons (Fsp3) is 0.300. The van der Waals surface area contributed by atoms with E-state index in [2.05, 4.69) is 10.2 Å². The summed E-state index contributed by atoms with van der Waals surface area (Å²) in [5.41, 5.74) is -0.294. The van der Waals surface area contributed by atoms with Gasteiger partial charge in [-0.3, -0.25) is 9.59 Å². The third kappa shape index (κ3) is 2.98. The Kier molecular flexibility index (Phi) is 4.39. The number of aromatic nitrogens is 3. The summed E-state index contributed by atoms with van der Waals surface area (Å²) >= 11 is 1.09. The molecule has 1 atom stereocenters. The van der Waals surface area contributed by atoms with Crippen LogP contribution in [-0.2, 0) is 13.0 Å². The third-order valence-corrected chi connectivity index (χ3v) is 6.51. The zero-order valence-electron chi connectivity index (χ0n) is 15.6. The first kappa shape index (κ1) is 18.9. The van der Waals surface area contributed by atoms with Gasteiger partial charge >= 0.3 is 0 Å². The normalized spacial score (nSPS) is 17.9. The number of aromatic hydroxyl groups is 1. The molecule has 2 aromatic heterocycles. The quantitative estimate of drug-likeness (QED) is 0.690. The van der Waals surface area contributed by atoms with Gasteiger partial charge in [0.25, 0.3) is 5.91 Å². The Hall–Kier alpha value is -3.14. The monoisotopic (exact) mass is 430 g/mol. The van der Waals surface area contributed by atoms with E-state index in [-0.39, 0.29) is 40.2 Å². The summed E-state index contributed by atoms with van der Waals surface area (Å²) in [5.74, 6) is -2.28. The Morgan fingerprint density at radius 2 is 2.07 bits per heavy atom. The third-order valence-electron chi connectivity index (χ3n) is 5.56. The standard InChI is InChI=1S/C20H16F2N4O3S/c21-11-4-3-10(14(22)7-11)6-15-23-24-19(30-15)13-9-25-8-12-2-1-5-26(12)20(29)16(25)18(28)17(13)27/h3-4,7,9,12,28H,1-2,5-6,8H2/t12-/m0/s1. The minimum Gasteiger partial charge on any atom is -0.503 e. The van der Waals surface area contributed by atoms with Gasteiger partial charge in [0, 0.05) is 31.8 Å². The lowest BCUT2D eigenvalue weighted by atomic mass is 10.1. The Bertz CT molecular complexity index is 1240. The van der Waals surface area contributed by atoms with Crippen molar-refractivity contribution in [1.29, 1.82) is 0 Å². The molecule has 0 aliphatic carbocycles. The van der Waals surface area contributed by atoms with Gasteiger partial charge in [-0.2, -0.15) is 0 Å². The van der Waals surface area contributed by atoms with E-state index in [1.165, 1.54) is 12.3 Å². The van der Waals surface area contributed by atoms with Crippen LogP contribution in [0.2, 0.25) is 0 Å². The van der Waals surface area contributed by atoms with E-state index < -0.39 is 22.8 Å². The second kappa shape index (κ2) is 6.98. The van der Waals surface area contributed by atoms with Crippen LogP contribution >= 0.6 is 11.3 Å². The molecule has 0 bridgehead atoms. The summed E-state index contributed by atoms with van der Waals surface area (Å²) < 4.78 is 28.6. The van der Waals surface area contributed by atoms with Crippen LogP contribution in [-0.4, -0.2) is 43.3 Å². The largest absolute Gasteiger partial charge is 0.503 e. The van der Waals surface area contributed by atoms with Gasteiger partial charge in [0.2, 0.25) is 5.43 Å². The van der Waals surface area contributed by atoms with Crippen molar-refractivity contribution in [2.45, 2.75) is 31.8 Å². The summed E-state index contributed by atoms with van der Waals surface area (Å²) in [7, 11) is 0. The molecule has 2 aliphatic rings. The molecular weight excluding hydrogens is 414 g/mol. The first-order chi connectivity index (χ1) is 14.4. The fourth-order valence-electron chi connectivity index (χ4n) is 4.09. The molecule has 5 rings (SSSR count). The van der Waals surface area contributed by atoms with Crippen LogP contribution in [0, 0.1) is 11.6 Å². The highest BCUT2D eigenvalue weighted by Crippen LogP contribution is 2.32. The molecule has 1 fully saturated rings. The van der Waals surface area contributed by atoms with Gasteiger partial charge in [-0.1, -0.05) is 17.4 Å². The molecule has 0 spiro atoms. The average molecular weight is 430 g/mol. The highest BCUT2D eigenvalue weighted by Gasteiger charge is 2.38. The predicted molar refractivity (Wildman–Crippen MR) is 104 cm³/mol. The van der Waals surface area contributed by atoms with E-state index in [0.29, 0.717) is 18.1 Å². The minimum absolute atomic E-state index is 0.0000204. The molecule has 0 radical (unpaired) electrons. The van der Waals surface area contributed by atoms with E-state index in [4.69, 9.17) is 0 Å². The zero-order chi connectivity index (χ0) is 21.0. The van der Waals surface area contributed by atoms with Crippen LogP contribution in [0.15, 0.2) is 29.2 Å². The Balaban J connectivity index is 1.51. The van der Waals surface area contributed by atoms with Gasteiger partial charge in [0.05, 0.1) is 11.6 Å². The second-order valence-electron chi connectivity index (χ2n) is 7.43. The molecule has 154 valence electrons. The summed E-state index contributed by atoms with van der Waals surface area (Å²) in [6, 6.07) is 3.35. The zero-order valence-corrected chi connectivity index (χ0v) is 16.5. The minimum atomic E-state index is -0.692. The van der Waals surface area contributed by atoms with Gasteiger partial charge in [-0.25, -0.2) is 8.78 Å². The van der Waals surface area contributed by atoms with E-state index >= 15 is 0 Å². The van der Waals surface area contributed by atoms with Crippen LogP contribution in [0.1, 0.15) is 33.9 Å². The van der Waals surface area contributed by atoms with Crippen molar-refractivity contribution < 1.29 is 18.7 Å². The van der Waals surface area contributed by atoms with E-state index in [0.717, 1.165) is 36.3 Å². The molecular formula is C20H16F2N4O3S. The summed E-state index contributed by atoms with van der Waals surface area (Å²) in [4.78, 5) is 27.1. The van der Waals surface area contributed by atoms with E-state index in [1.807, 2.05) is 0 Å². The fourth-order valence-corrected chi connectivity index (χ4v) is 4.96. The van der Waals surface area contributed by atoms with Gasteiger partial charge in [0.1, 0.15) is 16.6 Å². The van der Waals surface area contributed by atoms with Crippen molar-refractivity contribution in [3.05, 3.63) is 62.5 Å². The Labute approximate surface area is 173 Å². The number of pyridine rings is 1. The first-order valence-electron chi connectivity index (χ1n) is 9.46. The highest BCUT2D eigenvalue weighted by atomic mass is 32.1. The summed E-state index contributed by atoms with van der Waals surface area (Å²) in [6.45, 7) is 1.12. The highest BCUT2D eigenvalue weighted by molar-refractivity contribution is 7.14. The van der Waals surface area contributed by atoms with Crippen molar-refractivity contribution in [3.8, 4) is 16.3 Å². The maximum absolute atomic E-state index is 13.9. The molecule has 0 saturated carbocycles. The number of hydrogen-bond acceptors (Lipinski definition) is 6. The van der Waals surface area contributed by atoms with Crippen LogP contribution in [0.5, 0.6) is 5.75 Å². The van der Waals surface area contributed by atoms with Crippen LogP contribution in [0.25, 0.3) is 10.6 Å². The van der Waals surface area contributed by atoms with E-state index in [1.54, 1.807) is 9.47 Å². The molecule has 10 heteroatoms. The molecule has 1 saturated heterocycles. The lowest BCUT2D eigenvalue weighted by Crippen LogP contribution is -2.45. The smallest absolute Gasteiger partial charge is 0.274 e. The van der Waals surface area contributed by atoms with Crippen molar-refractivity contribution in [3.63, 3.8) is 0 Å². The molecule has 0 unspecified atom stereocenters. The molecule has 2 aliphatic heterocycles. The van der Waals surface area contributed by atoms with Crippen LogP contribution in [0.3, 0.4) is 0 Å². The number of carbonyl (C=O) groups is 1. The number of carbonyl (C=O) groups excluding carboxylic acids is 1. The number of amides is 1. The topological polar surface area (TPSA) is 88.3 Å². The van der Waals surface area contributed by atoms with Gasteiger partial charge in [-0.15, -0.1) is 10.2 Å². The number of fused-ring (bicyclic) bond motifs is 2. The van der Waals surface area contributed by atoms with E-state index in [9.17, 15) is 23.5 Å². The van der Waals surface area contributed by atoms with Crippen LogP contribution < -0.4 is 5.43 Å². The molecule has 1 N–H and O–H groups in total. The second-order valence-corrected chi connectivity index (χ2v) is 8.49. The summed E-state index contributed by atoms with van der Waals surface area (Å²) in [5, 5.41) is 19.2. The SMILES string of the molecule is O=C1c2c(O)c(=O)c(-c3nnc(Cc4ccc(F)cc4F)s3)cn2C[C@@H]2CCCN12. The molecule has 1 aromatic carbocycles. The van der Waals surface area contributed by atoms with Gasteiger partial charge in [-0.05, 0) is 24.5 Å². The number of hydrogen-bond donors (Lipinski definition) is 1. The van der Waals surface area contributed by atoms with Gasteiger partial charge < -0.3 is 14.6 Å². The van der Waals surface area contributed by atoms with Gasteiger partial charge in [0.15, 0.2) is 16.5 Å². The Morgan fingerprint density at radius 1 is 1.23 bits per heavy atom. The molecule has 30 heavy (non-hydrogen) atoms. The number of halogens is 2. The maximum Gasteiger partial charge on any atom is 0.274 e. The predicted octanol–water partition coefficient (Wildman–Crippen LogP) is 2.56. The van der Waals surface area contributed by atoms with Crippen molar-refractivity contribution in [2.24, 2.45) is 0 Å². The number of nitrogens with zero attached hydrogens (tertiary/aromatic N) is 4. The van der Waals surface area contributed by atoms with Crippen LogP contribution in [0.4, 0.5) is 8.78 Å². The van der Waals surface area contributed by atoms with Crippen molar-refractivity contribution in [1.82, 2.24) is 19.7 Å². The molecule has 1 amide bonds. The number of benzene rings is 1. The Morgan fingerprint density at radius 3 is 2.87 bits per heavy atom. The van der Waals surface area contributed by atoms with Crippen molar-refractivity contribution >= 4 is 17.2 Å².